The molecule has 0 radical (unpaired) electrons. The van der Waals surface area contributed by atoms with Gasteiger partial charge in [-0.3, -0.25) is 0 Å². The van der Waals surface area contributed by atoms with Crippen molar-refractivity contribution in [3.05, 3.63) is 29.0 Å². The number of nitrogens with zero attached hydrogens (tertiary/aromatic N) is 5. The number of hydrogen-bond donors (Lipinski definition) is 2. The maximum atomic E-state index is 11.6. The van der Waals surface area contributed by atoms with Gasteiger partial charge < -0.3 is 15.0 Å². The third-order valence-electron chi connectivity index (χ3n) is 3.28. The Hall–Kier alpha value is -2.51. The van der Waals surface area contributed by atoms with Gasteiger partial charge in [-0.1, -0.05) is 13.8 Å². The van der Waals surface area contributed by atoms with Crippen molar-refractivity contribution in [3.63, 3.8) is 0 Å². The van der Waals surface area contributed by atoms with E-state index in [1.165, 1.54) is 0 Å². The highest BCUT2D eigenvalue weighted by Crippen LogP contribution is 2.21. The predicted octanol–water partition coefficient (Wildman–Crippen LogP) is 1.04. The molecule has 112 valence electrons. The predicted molar refractivity (Wildman–Crippen MR) is 76.1 cm³/mol. The molecule has 0 saturated carbocycles. The molecular formula is C13H18N6O2. The number of nitrogens with one attached hydrogen (secondary N) is 1. The highest BCUT2D eigenvalue weighted by atomic mass is 16.4. The average Bonchev–Trinajstić information content (AvgIpc) is 2.88. The number of anilines is 1. The van der Waals surface area contributed by atoms with E-state index in [-0.39, 0.29) is 11.4 Å². The largest absolute Gasteiger partial charge is 0.478 e. The van der Waals surface area contributed by atoms with Gasteiger partial charge in [0.25, 0.3) is 0 Å². The maximum Gasteiger partial charge on any atom is 0.339 e. The van der Waals surface area contributed by atoms with E-state index in [0.29, 0.717) is 25.2 Å². The van der Waals surface area contributed by atoms with Gasteiger partial charge in [-0.25, -0.2) is 4.79 Å². The van der Waals surface area contributed by atoms with Crippen LogP contribution in [0.3, 0.4) is 0 Å². The van der Waals surface area contributed by atoms with Crippen molar-refractivity contribution in [3.8, 4) is 0 Å². The first-order chi connectivity index (χ1) is 10.1. The Labute approximate surface area is 122 Å². The molecule has 0 atom stereocenters. The Morgan fingerprint density at radius 2 is 2.05 bits per heavy atom. The van der Waals surface area contributed by atoms with Crippen molar-refractivity contribution in [2.75, 3.05) is 5.32 Å². The second-order valence-corrected chi connectivity index (χ2v) is 4.57. The van der Waals surface area contributed by atoms with Crippen LogP contribution in [0.5, 0.6) is 0 Å². The Balaban J connectivity index is 2.34. The van der Waals surface area contributed by atoms with Gasteiger partial charge >= 0.3 is 5.97 Å². The summed E-state index contributed by atoms with van der Waals surface area (Å²) in [7, 11) is 1.82. The van der Waals surface area contributed by atoms with Crippen LogP contribution in [0.15, 0.2) is 6.33 Å². The van der Waals surface area contributed by atoms with Crippen molar-refractivity contribution in [1.82, 2.24) is 25.0 Å². The number of carbonyl (C=O) groups is 1. The van der Waals surface area contributed by atoms with Gasteiger partial charge in [0.2, 0.25) is 0 Å². The molecule has 0 aliphatic carbocycles. The fourth-order valence-electron chi connectivity index (χ4n) is 2.16. The first-order valence-electron chi connectivity index (χ1n) is 6.76. The number of aryl methyl sites for hydroxylation is 2. The molecule has 0 fully saturated rings. The second-order valence-electron chi connectivity index (χ2n) is 4.57. The molecule has 0 unspecified atom stereocenters. The van der Waals surface area contributed by atoms with Crippen LogP contribution >= 0.6 is 0 Å². The number of aromatic carboxylic acids is 1. The third-order valence-corrected chi connectivity index (χ3v) is 3.28. The number of carboxylic acid groups (broad SMARTS) is 1. The van der Waals surface area contributed by atoms with Crippen LogP contribution in [0.1, 0.15) is 41.3 Å². The summed E-state index contributed by atoms with van der Waals surface area (Å²) in [6.07, 6.45) is 2.83. The molecule has 0 amide bonds. The van der Waals surface area contributed by atoms with Gasteiger partial charge in [0.1, 0.15) is 11.9 Å². The van der Waals surface area contributed by atoms with E-state index in [9.17, 15) is 9.90 Å². The van der Waals surface area contributed by atoms with Gasteiger partial charge in [-0.05, 0) is 18.4 Å². The molecule has 0 saturated heterocycles. The monoisotopic (exact) mass is 290 g/mol. The highest BCUT2D eigenvalue weighted by molar-refractivity contribution is 5.95. The smallest absolute Gasteiger partial charge is 0.339 e. The lowest BCUT2D eigenvalue weighted by Gasteiger charge is -2.13. The average molecular weight is 290 g/mol. The van der Waals surface area contributed by atoms with Crippen molar-refractivity contribution >= 4 is 11.8 Å². The Bertz CT molecular complexity index is 652. The van der Waals surface area contributed by atoms with Crippen molar-refractivity contribution in [1.29, 1.82) is 0 Å². The molecule has 0 aliphatic heterocycles. The summed E-state index contributed by atoms with van der Waals surface area (Å²) >= 11 is 0. The molecule has 0 aliphatic rings. The normalized spacial score (nSPS) is 10.6. The molecule has 2 N–H and O–H groups in total. The number of rotatable bonds is 6. The molecule has 0 spiro atoms. The van der Waals surface area contributed by atoms with E-state index in [2.05, 4.69) is 25.7 Å². The van der Waals surface area contributed by atoms with Crippen LogP contribution in [0.25, 0.3) is 0 Å². The van der Waals surface area contributed by atoms with Crippen LogP contribution in [0, 0.1) is 0 Å². The third kappa shape index (κ3) is 2.99. The fraction of sp³-hybridized carbons (Fsp3) is 0.462. The number of aromatic nitrogens is 5. The molecule has 2 aromatic rings. The summed E-state index contributed by atoms with van der Waals surface area (Å²) < 4.78 is 1.75. The summed E-state index contributed by atoms with van der Waals surface area (Å²) in [5.41, 5.74) is 1.63. The van der Waals surface area contributed by atoms with Crippen LogP contribution in [-0.4, -0.2) is 36.0 Å². The molecule has 0 bridgehead atoms. The Morgan fingerprint density at radius 3 is 2.57 bits per heavy atom. The second kappa shape index (κ2) is 6.29. The topological polar surface area (TPSA) is 106 Å². The lowest BCUT2D eigenvalue weighted by Crippen LogP contribution is -2.16. The van der Waals surface area contributed by atoms with Crippen LogP contribution in [0.2, 0.25) is 0 Å². The molecule has 21 heavy (non-hydrogen) atoms. The minimum Gasteiger partial charge on any atom is -0.478 e. The van der Waals surface area contributed by atoms with Crippen LogP contribution in [0.4, 0.5) is 5.82 Å². The van der Waals surface area contributed by atoms with E-state index in [4.69, 9.17) is 0 Å². The SMILES string of the molecule is CCc1nnc(NCc2nncn2C)c(C(=O)O)c1CC. The Morgan fingerprint density at radius 1 is 1.29 bits per heavy atom. The molecule has 2 rings (SSSR count). The lowest BCUT2D eigenvalue weighted by molar-refractivity contribution is 0.0696. The summed E-state index contributed by atoms with van der Waals surface area (Å²) in [6, 6.07) is 0. The molecule has 8 heteroatoms. The molecule has 2 aromatic heterocycles. The highest BCUT2D eigenvalue weighted by Gasteiger charge is 2.20. The maximum absolute atomic E-state index is 11.6. The van der Waals surface area contributed by atoms with Crippen molar-refractivity contribution in [2.24, 2.45) is 7.05 Å². The number of hydrogen-bond acceptors (Lipinski definition) is 6. The summed E-state index contributed by atoms with van der Waals surface area (Å²) in [6.45, 7) is 4.18. The fourth-order valence-corrected chi connectivity index (χ4v) is 2.16. The number of carboxylic acids is 1. The van der Waals surface area contributed by atoms with Gasteiger partial charge in [-0.2, -0.15) is 5.10 Å². The minimum absolute atomic E-state index is 0.187. The van der Waals surface area contributed by atoms with Gasteiger partial charge in [-0.15, -0.1) is 15.3 Å². The molecule has 0 aromatic carbocycles. The van der Waals surface area contributed by atoms with Gasteiger partial charge in [0.05, 0.1) is 12.2 Å². The summed E-state index contributed by atoms with van der Waals surface area (Å²) in [5.74, 6) is -0.0535. The standard InChI is InChI=1S/C13H18N6O2/c1-4-8-9(5-2)16-18-12(11(8)13(20)21)14-6-10-17-15-7-19(10)3/h7H,4-6H2,1-3H3,(H,14,18)(H,20,21). The first-order valence-corrected chi connectivity index (χ1v) is 6.76. The van der Waals surface area contributed by atoms with Crippen molar-refractivity contribution < 1.29 is 9.90 Å². The zero-order valence-corrected chi connectivity index (χ0v) is 12.3. The first kappa shape index (κ1) is 14.9. The molecular weight excluding hydrogens is 272 g/mol. The zero-order chi connectivity index (χ0) is 15.4. The Kier molecular flexibility index (Phi) is 4.46. The van der Waals surface area contributed by atoms with E-state index in [1.54, 1.807) is 10.9 Å². The summed E-state index contributed by atoms with van der Waals surface area (Å²) in [4.78, 5) is 11.6. The summed E-state index contributed by atoms with van der Waals surface area (Å²) in [5, 5.41) is 28.3. The molecule has 8 nitrogen and oxygen atoms in total. The van der Waals surface area contributed by atoms with E-state index < -0.39 is 5.97 Å². The quantitative estimate of drug-likeness (QED) is 0.818. The lowest BCUT2D eigenvalue weighted by atomic mass is 10.0. The molecule has 2 heterocycles. The van der Waals surface area contributed by atoms with Crippen LogP contribution in [-0.2, 0) is 26.4 Å². The minimum atomic E-state index is -1.00. The van der Waals surface area contributed by atoms with E-state index in [0.717, 1.165) is 11.3 Å². The van der Waals surface area contributed by atoms with Gasteiger partial charge in [0, 0.05) is 7.05 Å². The van der Waals surface area contributed by atoms with Crippen molar-refractivity contribution in [2.45, 2.75) is 33.2 Å². The van der Waals surface area contributed by atoms with Gasteiger partial charge in [0.15, 0.2) is 11.6 Å². The van der Waals surface area contributed by atoms with E-state index in [1.807, 2.05) is 20.9 Å². The zero-order valence-electron chi connectivity index (χ0n) is 12.3. The van der Waals surface area contributed by atoms with Crippen LogP contribution < -0.4 is 5.32 Å². The van der Waals surface area contributed by atoms with E-state index >= 15 is 0 Å².